The van der Waals surface area contributed by atoms with Crippen molar-refractivity contribution in [1.82, 2.24) is 41.1 Å². The summed E-state index contributed by atoms with van der Waals surface area (Å²) in [5.74, 6) is 0.337. The van der Waals surface area contributed by atoms with Crippen LogP contribution < -0.4 is 10.6 Å². The molecule has 1 aromatic heterocycles. The maximum atomic E-state index is 14.6. The number of carbonyl (C=O) groups is 2. The fraction of sp³-hybridized carbons (Fsp3) is 0.484. The van der Waals surface area contributed by atoms with Crippen LogP contribution in [0, 0.1) is 23.1 Å². The third-order valence-electron chi connectivity index (χ3n) is 9.08. The molecule has 2 fully saturated rings. The molecule has 2 aromatic carbocycles. The normalized spacial score (nSPS) is 23.6. The van der Waals surface area contributed by atoms with E-state index in [1.807, 2.05) is 37.2 Å². The topological polar surface area (TPSA) is 143 Å². The van der Waals surface area contributed by atoms with E-state index in [4.69, 9.17) is 0 Å². The van der Waals surface area contributed by atoms with Crippen molar-refractivity contribution in [2.45, 2.75) is 49.6 Å². The molecule has 11 nitrogen and oxygen atoms in total. The Balaban J connectivity index is 1.31. The van der Waals surface area contributed by atoms with Gasteiger partial charge in [-0.15, -0.1) is 10.2 Å². The molecule has 3 aliphatic rings. The van der Waals surface area contributed by atoms with E-state index in [1.165, 1.54) is 6.07 Å². The smallest absolute Gasteiger partial charge is 0.251 e. The first-order valence-electron chi connectivity index (χ1n) is 14.8. The van der Waals surface area contributed by atoms with E-state index in [1.54, 1.807) is 17.0 Å². The molecule has 0 spiro atoms. The molecule has 12 heteroatoms. The standard InChI is InChI=1S/C31H36FN9O2/c1-40(2)12-11-35-29(43)21-5-7-25-19(13-21)3-4-20-14-23(32)6-8-26(20)31(25,30-36-38-39-37-30)9-10-34-18-28(42)41-24(17-33)15-22-16-27(22)41/h5-8,13-14,22,24,27,34H,3-4,9-12,15-16,18H2,1-2H3,(H,35,43)(H,36,37,38,39)/t22-,24+,27+,31?/m1/s1. The van der Waals surface area contributed by atoms with Crippen molar-refractivity contribution >= 4 is 11.8 Å². The maximum Gasteiger partial charge on any atom is 0.251 e. The summed E-state index contributed by atoms with van der Waals surface area (Å²) in [7, 11) is 3.91. The minimum absolute atomic E-state index is 0.0705. The number of piperidine rings is 1. The van der Waals surface area contributed by atoms with Crippen molar-refractivity contribution in [3.63, 3.8) is 0 Å². The number of rotatable bonds is 10. The van der Waals surface area contributed by atoms with Crippen LogP contribution in [0.3, 0.4) is 0 Å². The fourth-order valence-corrected chi connectivity index (χ4v) is 6.91. The number of halogens is 1. The van der Waals surface area contributed by atoms with Crippen molar-refractivity contribution in [1.29, 1.82) is 5.26 Å². The van der Waals surface area contributed by atoms with E-state index in [-0.39, 0.29) is 36.3 Å². The molecule has 0 bridgehead atoms. The Kier molecular flexibility index (Phi) is 7.94. The Morgan fingerprint density at radius 2 is 1.91 bits per heavy atom. The summed E-state index contributed by atoms with van der Waals surface area (Å²) >= 11 is 0. The molecule has 1 unspecified atom stereocenters. The summed E-state index contributed by atoms with van der Waals surface area (Å²) in [6, 6.07) is 12.6. The van der Waals surface area contributed by atoms with E-state index < -0.39 is 5.41 Å². The molecular formula is C31H36FN9O2. The molecule has 2 amide bonds. The Morgan fingerprint density at radius 3 is 2.63 bits per heavy atom. The third kappa shape index (κ3) is 5.50. The van der Waals surface area contributed by atoms with Gasteiger partial charge in [0.1, 0.15) is 11.9 Å². The molecule has 0 radical (unpaired) electrons. The maximum absolute atomic E-state index is 14.6. The van der Waals surface area contributed by atoms with Crippen LogP contribution in [0.15, 0.2) is 36.4 Å². The lowest BCUT2D eigenvalue weighted by Crippen LogP contribution is -2.44. The van der Waals surface area contributed by atoms with Crippen molar-refractivity contribution in [2.24, 2.45) is 5.92 Å². The van der Waals surface area contributed by atoms with E-state index in [9.17, 15) is 19.2 Å². The number of aromatic amines is 1. The molecule has 3 N–H and O–H groups in total. The number of hydrogen-bond donors (Lipinski definition) is 3. The van der Waals surface area contributed by atoms with Gasteiger partial charge < -0.3 is 20.4 Å². The van der Waals surface area contributed by atoms with Crippen molar-refractivity contribution in [3.05, 3.63) is 75.9 Å². The SMILES string of the molecule is CN(C)CCNC(=O)c1ccc2c(c1)CCc1cc(F)ccc1C2(CCNCC(=O)N1[C@H](C#N)C[C@@H]2C[C@@H]21)c1nn[nH]n1. The summed E-state index contributed by atoms with van der Waals surface area (Å²) in [4.78, 5) is 29.9. The van der Waals surface area contributed by atoms with Gasteiger partial charge in [-0.1, -0.05) is 17.3 Å². The fourth-order valence-electron chi connectivity index (χ4n) is 6.91. The van der Waals surface area contributed by atoms with Gasteiger partial charge in [0.25, 0.3) is 5.91 Å². The number of aryl methyl sites for hydroxylation is 2. The Labute approximate surface area is 249 Å². The highest BCUT2D eigenvalue weighted by Gasteiger charge is 2.54. The van der Waals surface area contributed by atoms with Gasteiger partial charge in [-0.25, -0.2) is 4.39 Å². The second-order valence-corrected chi connectivity index (χ2v) is 12.0. The van der Waals surface area contributed by atoms with Crippen molar-refractivity contribution in [3.8, 4) is 6.07 Å². The first-order chi connectivity index (χ1) is 20.8. The second-order valence-electron chi connectivity index (χ2n) is 12.0. The van der Waals surface area contributed by atoms with Crippen molar-refractivity contribution < 1.29 is 14.0 Å². The number of hydrogen-bond acceptors (Lipinski definition) is 8. The molecule has 224 valence electrons. The summed E-state index contributed by atoms with van der Waals surface area (Å²) in [6.07, 6.45) is 3.36. The number of likely N-dealkylation sites (N-methyl/N-ethyl adjacent to an activating group) is 1. The monoisotopic (exact) mass is 585 g/mol. The van der Waals surface area contributed by atoms with Crippen LogP contribution in [0.2, 0.25) is 0 Å². The highest BCUT2D eigenvalue weighted by Crippen LogP contribution is 2.48. The van der Waals surface area contributed by atoms with Gasteiger partial charge in [0, 0.05) is 24.7 Å². The highest BCUT2D eigenvalue weighted by atomic mass is 19.1. The Morgan fingerprint density at radius 1 is 1.14 bits per heavy atom. The molecule has 1 saturated heterocycles. The number of aromatic nitrogens is 4. The molecule has 43 heavy (non-hydrogen) atoms. The summed E-state index contributed by atoms with van der Waals surface area (Å²) in [6.45, 7) is 1.78. The van der Waals surface area contributed by atoms with Crippen LogP contribution in [-0.4, -0.2) is 94.6 Å². The first kappa shape index (κ1) is 28.9. The van der Waals surface area contributed by atoms with Gasteiger partial charge >= 0.3 is 0 Å². The van der Waals surface area contributed by atoms with Crippen LogP contribution in [-0.2, 0) is 23.1 Å². The van der Waals surface area contributed by atoms with Crippen LogP contribution >= 0.6 is 0 Å². The molecular weight excluding hydrogens is 549 g/mol. The molecule has 6 rings (SSSR count). The number of H-pyrrole nitrogens is 1. The van der Waals surface area contributed by atoms with Crippen LogP contribution in [0.25, 0.3) is 0 Å². The average molecular weight is 586 g/mol. The van der Waals surface area contributed by atoms with E-state index in [0.29, 0.717) is 49.7 Å². The number of likely N-dealkylation sites (tertiary alicyclic amines) is 1. The average Bonchev–Trinajstić information content (AvgIpc) is 3.38. The number of benzene rings is 2. The third-order valence-corrected chi connectivity index (χ3v) is 9.08. The minimum atomic E-state index is -0.914. The van der Waals surface area contributed by atoms with Crippen LogP contribution in [0.5, 0.6) is 0 Å². The van der Waals surface area contributed by atoms with E-state index >= 15 is 0 Å². The van der Waals surface area contributed by atoms with Gasteiger partial charge in [0.05, 0.1) is 18.0 Å². The zero-order valence-corrected chi connectivity index (χ0v) is 24.4. The number of carbonyl (C=O) groups excluding carboxylic acids is 2. The largest absolute Gasteiger partial charge is 0.351 e. The summed E-state index contributed by atoms with van der Waals surface area (Å²) in [5, 5.41) is 31.1. The lowest BCUT2D eigenvalue weighted by molar-refractivity contribution is -0.131. The van der Waals surface area contributed by atoms with E-state index in [2.05, 4.69) is 37.3 Å². The molecule has 1 aliphatic heterocycles. The Bertz CT molecular complexity index is 1550. The zero-order valence-electron chi connectivity index (χ0n) is 24.4. The number of nitrogens with zero attached hydrogens (tertiary/aromatic N) is 6. The predicted octanol–water partition coefficient (Wildman–Crippen LogP) is 1.56. The molecule has 2 aliphatic carbocycles. The van der Waals surface area contributed by atoms with E-state index in [0.717, 1.165) is 41.6 Å². The number of nitrogens with one attached hydrogen (secondary N) is 3. The van der Waals surface area contributed by atoms with Gasteiger partial charge in [0.2, 0.25) is 5.91 Å². The van der Waals surface area contributed by atoms with Crippen molar-refractivity contribution in [2.75, 3.05) is 40.3 Å². The number of amides is 2. The van der Waals surface area contributed by atoms with Gasteiger partial charge in [0.15, 0.2) is 5.82 Å². The molecule has 3 aromatic rings. The minimum Gasteiger partial charge on any atom is -0.351 e. The van der Waals surface area contributed by atoms with Gasteiger partial charge in [-0.05, 0) is 105 Å². The summed E-state index contributed by atoms with van der Waals surface area (Å²) in [5.41, 5.74) is 3.21. The lowest BCUT2D eigenvalue weighted by Gasteiger charge is -2.34. The van der Waals surface area contributed by atoms with Gasteiger partial charge in [-0.3, -0.25) is 9.59 Å². The highest BCUT2D eigenvalue weighted by molar-refractivity contribution is 5.94. The predicted molar refractivity (Wildman–Crippen MR) is 155 cm³/mol. The molecule has 1 saturated carbocycles. The lowest BCUT2D eigenvalue weighted by atomic mass is 9.69. The Hall–Kier alpha value is -4.21. The summed E-state index contributed by atoms with van der Waals surface area (Å²) < 4.78 is 14.6. The molecule has 4 atom stereocenters. The first-order valence-corrected chi connectivity index (χ1v) is 14.8. The second kappa shape index (κ2) is 11.8. The van der Waals surface area contributed by atoms with Crippen LogP contribution in [0.4, 0.5) is 4.39 Å². The number of nitriles is 1. The number of fused-ring (bicyclic) bond motifs is 3. The number of tetrazole rings is 1. The van der Waals surface area contributed by atoms with Crippen LogP contribution in [0.1, 0.15) is 57.7 Å². The quantitative estimate of drug-likeness (QED) is 0.304. The molecule has 2 heterocycles. The van der Waals surface area contributed by atoms with Gasteiger partial charge in [-0.2, -0.15) is 10.5 Å². The zero-order chi connectivity index (χ0) is 30.1.